The van der Waals surface area contributed by atoms with Crippen LogP contribution in [0.25, 0.3) is 0 Å². The van der Waals surface area contributed by atoms with Gasteiger partial charge in [0, 0.05) is 24.1 Å². The summed E-state index contributed by atoms with van der Waals surface area (Å²) in [6.45, 7) is 7.58. The standard InChI is InChI=1S/C16H22N2O6S/c1-5-23-15(19)12-9-10(18(20)21)8-11-13(6-7-24-14(11)12)17-25(22)16(2,3)4/h8-9,13,17H,5-7H2,1-4H3/t13-,25-/m0/s1. The second kappa shape index (κ2) is 7.49. The molecular weight excluding hydrogens is 348 g/mol. The largest absolute Gasteiger partial charge is 0.492 e. The first kappa shape index (κ1) is 19.3. The number of rotatable bonds is 5. The van der Waals surface area contributed by atoms with Crippen LogP contribution < -0.4 is 9.46 Å². The highest BCUT2D eigenvalue weighted by Crippen LogP contribution is 2.39. The Kier molecular flexibility index (Phi) is 5.79. The summed E-state index contributed by atoms with van der Waals surface area (Å²) in [6, 6.07) is 2.09. The molecule has 138 valence electrons. The van der Waals surface area contributed by atoms with E-state index < -0.39 is 32.7 Å². The molecule has 1 aromatic rings. The van der Waals surface area contributed by atoms with Gasteiger partial charge in [0.15, 0.2) is 0 Å². The van der Waals surface area contributed by atoms with Crippen molar-refractivity contribution in [1.82, 2.24) is 4.72 Å². The molecule has 1 aliphatic rings. The molecule has 0 radical (unpaired) electrons. The zero-order valence-electron chi connectivity index (χ0n) is 14.7. The molecule has 1 N–H and O–H groups in total. The first-order valence-corrected chi connectivity index (χ1v) is 9.10. The van der Waals surface area contributed by atoms with Gasteiger partial charge < -0.3 is 9.47 Å². The molecule has 1 aromatic carbocycles. The van der Waals surface area contributed by atoms with Gasteiger partial charge in [-0.2, -0.15) is 0 Å². The summed E-state index contributed by atoms with van der Waals surface area (Å²) in [7, 11) is -1.37. The highest BCUT2D eigenvalue weighted by atomic mass is 32.2. The molecule has 1 aliphatic heterocycles. The molecule has 0 spiro atoms. The van der Waals surface area contributed by atoms with E-state index in [9.17, 15) is 19.1 Å². The minimum atomic E-state index is -1.37. The normalized spacial score (nSPS) is 18.0. The molecular formula is C16H22N2O6S. The van der Waals surface area contributed by atoms with E-state index in [4.69, 9.17) is 9.47 Å². The molecule has 0 bridgehead atoms. The Balaban J connectivity index is 2.50. The van der Waals surface area contributed by atoms with Crippen molar-refractivity contribution in [2.45, 2.75) is 44.9 Å². The maximum absolute atomic E-state index is 12.4. The van der Waals surface area contributed by atoms with Gasteiger partial charge in [-0.25, -0.2) is 13.7 Å². The van der Waals surface area contributed by atoms with Crippen molar-refractivity contribution in [3.63, 3.8) is 0 Å². The predicted octanol–water partition coefficient (Wildman–Crippen LogP) is 2.65. The van der Waals surface area contributed by atoms with Gasteiger partial charge in [0.1, 0.15) is 11.3 Å². The fraction of sp³-hybridized carbons (Fsp3) is 0.562. The van der Waals surface area contributed by atoms with E-state index in [-0.39, 0.29) is 23.6 Å². The van der Waals surface area contributed by atoms with E-state index in [0.717, 1.165) is 6.07 Å². The smallest absolute Gasteiger partial charge is 0.342 e. The Hall–Kier alpha value is -2.00. The Morgan fingerprint density at radius 3 is 2.72 bits per heavy atom. The minimum Gasteiger partial charge on any atom is -0.492 e. The average Bonchev–Trinajstić information content (AvgIpc) is 2.53. The summed E-state index contributed by atoms with van der Waals surface area (Å²) in [4.78, 5) is 22.8. The van der Waals surface area contributed by atoms with Gasteiger partial charge in [-0.05, 0) is 27.7 Å². The fourth-order valence-corrected chi connectivity index (χ4v) is 3.24. The van der Waals surface area contributed by atoms with Crippen LogP contribution in [-0.2, 0) is 15.7 Å². The zero-order valence-corrected chi connectivity index (χ0v) is 15.5. The molecule has 0 unspecified atom stereocenters. The summed E-state index contributed by atoms with van der Waals surface area (Å²) < 4.78 is 25.5. The van der Waals surface area contributed by atoms with Gasteiger partial charge >= 0.3 is 5.97 Å². The van der Waals surface area contributed by atoms with Crippen molar-refractivity contribution in [3.8, 4) is 5.75 Å². The third-order valence-corrected chi connectivity index (χ3v) is 5.25. The van der Waals surface area contributed by atoms with E-state index in [1.54, 1.807) is 6.92 Å². The van der Waals surface area contributed by atoms with Gasteiger partial charge in [-0.3, -0.25) is 10.1 Å². The number of nitrogens with zero attached hydrogens (tertiary/aromatic N) is 1. The van der Waals surface area contributed by atoms with Gasteiger partial charge in [0.2, 0.25) is 0 Å². The fourth-order valence-electron chi connectivity index (χ4n) is 2.38. The number of nitro benzene ring substituents is 1. The van der Waals surface area contributed by atoms with Crippen LogP contribution in [0.1, 0.15) is 56.1 Å². The number of nitro groups is 1. The van der Waals surface area contributed by atoms with Crippen molar-refractivity contribution in [3.05, 3.63) is 33.4 Å². The molecule has 8 nitrogen and oxygen atoms in total. The zero-order chi connectivity index (χ0) is 18.8. The van der Waals surface area contributed by atoms with Crippen molar-refractivity contribution < 1.29 is 23.4 Å². The van der Waals surface area contributed by atoms with E-state index in [1.807, 2.05) is 20.8 Å². The lowest BCUT2D eigenvalue weighted by Crippen LogP contribution is -2.37. The molecule has 0 saturated heterocycles. The van der Waals surface area contributed by atoms with Gasteiger partial charge in [-0.1, -0.05) is 0 Å². The maximum Gasteiger partial charge on any atom is 0.342 e. The molecule has 2 rings (SSSR count). The second-order valence-corrected chi connectivity index (χ2v) is 8.58. The molecule has 0 fully saturated rings. The Labute approximate surface area is 148 Å². The summed E-state index contributed by atoms with van der Waals surface area (Å²) >= 11 is 0. The Bertz CT molecular complexity index is 713. The minimum absolute atomic E-state index is 0.0130. The Morgan fingerprint density at radius 1 is 1.48 bits per heavy atom. The number of hydrogen-bond donors (Lipinski definition) is 1. The summed E-state index contributed by atoms with van der Waals surface area (Å²) in [5.74, 6) is -0.432. The number of carbonyl (C=O) groups excluding carboxylic acids is 1. The van der Waals surface area contributed by atoms with Crippen LogP contribution in [0.5, 0.6) is 5.75 Å². The van der Waals surface area contributed by atoms with Crippen LogP contribution in [0.3, 0.4) is 0 Å². The summed E-state index contributed by atoms with van der Waals surface area (Å²) in [6.07, 6.45) is 0.484. The molecule has 0 aromatic heterocycles. The lowest BCUT2D eigenvalue weighted by atomic mass is 9.97. The van der Waals surface area contributed by atoms with Crippen LogP contribution in [0.15, 0.2) is 12.1 Å². The highest BCUT2D eigenvalue weighted by Gasteiger charge is 2.32. The summed E-state index contributed by atoms with van der Waals surface area (Å²) in [5.41, 5.74) is 0.223. The number of esters is 1. The number of ether oxygens (including phenoxy) is 2. The van der Waals surface area contributed by atoms with Crippen LogP contribution >= 0.6 is 0 Å². The van der Waals surface area contributed by atoms with Gasteiger partial charge in [0.25, 0.3) is 5.69 Å². The van der Waals surface area contributed by atoms with Crippen molar-refractivity contribution in [2.75, 3.05) is 13.2 Å². The van der Waals surface area contributed by atoms with Crippen LogP contribution in [0.2, 0.25) is 0 Å². The monoisotopic (exact) mass is 370 g/mol. The van der Waals surface area contributed by atoms with Crippen molar-refractivity contribution >= 4 is 22.6 Å². The molecule has 2 atom stereocenters. The van der Waals surface area contributed by atoms with Crippen LogP contribution in [0.4, 0.5) is 5.69 Å². The molecule has 0 aliphatic carbocycles. The molecule has 0 saturated carbocycles. The van der Waals surface area contributed by atoms with E-state index in [2.05, 4.69) is 4.72 Å². The number of fused-ring (bicyclic) bond motifs is 1. The highest BCUT2D eigenvalue weighted by molar-refractivity contribution is 7.84. The summed E-state index contributed by atoms with van der Waals surface area (Å²) in [5, 5.41) is 11.2. The SMILES string of the molecule is CCOC(=O)c1cc([N+](=O)[O-])cc2c1OCC[C@@H]2N[S@@](=O)C(C)(C)C. The lowest BCUT2D eigenvalue weighted by Gasteiger charge is -2.29. The first-order valence-electron chi connectivity index (χ1n) is 7.95. The van der Waals surface area contributed by atoms with Gasteiger partial charge in [-0.15, -0.1) is 0 Å². The quantitative estimate of drug-likeness (QED) is 0.485. The van der Waals surface area contributed by atoms with Crippen LogP contribution in [0, 0.1) is 10.1 Å². The number of nitrogens with one attached hydrogen (secondary N) is 1. The van der Waals surface area contributed by atoms with E-state index in [0.29, 0.717) is 18.6 Å². The maximum atomic E-state index is 12.4. The van der Waals surface area contributed by atoms with Crippen molar-refractivity contribution in [2.24, 2.45) is 0 Å². The predicted molar refractivity (Wildman–Crippen MR) is 92.9 cm³/mol. The van der Waals surface area contributed by atoms with Crippen LogP contribution in [-0.4, -0.2) is 33.1 Å². The average molecular weight is 370 g/mol. The topological polar surface area (TPSA) is 108 Å². The molecule has 25 heavy (non-hydrogen) atoms. The van der Waals surface area contributed by atoms with E-state index in [1.165, 1.54) is 6.07 Å². The van der Waals surface area contributed by atoms with Crippen molar-refractivity contribution in [1.29, 1.82) is 0 Å². The van der Waals surface area contributed by atoms with Gasteiger partial charge in [0.05, 0.1) is 39.9 Å². The molecule has 1 heterocycles. The molecule has 0 amide bonds. The molecule has 9 heteroatoms. The Morgan fingerprint density at radius 2 is 2.16 bits per heavy atom. The second-order valence-electron chi connectivity index (χ2n) is 6.58. The number of benzene rings is 1. The third kappa shape index (κ3) is 4.35. The number of hydrogen-bond acceptors (Lipinski definition) is 6. The number of carbonyl (C=O) groups is 1. The first-order chi connectivity index (χ1) is 11.6. The lowest BCUT2D eigenvalue weighted by molar-refractivity contribution is -0.385. The third-order valence-electron chi connectivity index (χ3n) is 3.64. The van der Waals surface area contributed by atoms with E-state index >= 15 is 0 Å². The number of non-ortho nitro benzene ring substituents is 1.